The number of benzene rings is 2. The molecule has 0 aliphatic rings. The monoisotopic (exact) mass is 423 g/mol. The van der Waals surface area contributed by atoms with Crippen molar-refractivity contribution in [2.24, 2.45) is 0 Å². The number of hydrogen-bond acceptors (Lipinski definition) is 4. The van der Waals surface area contributed by atoms with Crippen LogP contribution in [0.5, 0.6) is 0 Å². The summed E-state index contributed by atoms with van der Waals surface area (Å²) in [5.41, 5.74) is 0.378. The van der Waals surface area contributed by atoms with Crippen LogP contribution in [0.3, 0.4) is 0 Å². The number of hydrogen-bond donors (Lipinski definition) is 1. The van der Waals surface area contributed by atoms with Crippen molar-refractivity contribution in [3.8, 4) is 0 Å². The van der Waals surface area contributed by atoms with E-state index in [2.05, 4.69) is 5.32 Å². The van der Waals surface area contributed by atoms with Crippen LogP contribution in [0.4, 0.5) is 4.39 Å². The van der Waals surface area contributed by atoms with E-state index in [1.165, 1.54) is 23.5 Å². The summed E-state index contributed by atoms with van der Waals surface area (Å²) in [6.07, 6.45) is 0. The molecule has 0 saturated carbocycles. The normalized spacial score (nSPS) is 12.5. The molecule has 0 fully saturated rings. The maximum absolute atomic E-state index is 13.2. The molecule has 1 N–H and O–H groups in total. The third-order valence-electron chi connectivity index (χ3n) is 3.93. The van der Waals surface area contributed by atoms with E-state index in [0.29, 0.717) is 15.5 Å². The van der Waals surface area contributed by atoms with Crippen molar-refractivity contribution >= 4 is 38.7 Å². The Labute approximate surface area is 165 Å². The van der Waals surface area contributed by atoms with E-state index in [4.69, 9.17) is 11.6 Å². The Morgan fingerprint density at radius 1 is 1.07 bits per heavy atom. The molecule has 140 valence electrons. The predicted octanol–water partition coefficient (Wildman–Crippen LogP) is 4.49. The van der Waals surface area contributed by atoms with Gasteiger partial charge < -0.3 is 5.32 Å². The van der Waals surface area contributed by atoms with Crippen molar-refractivity contribution in [1.29, 1.82) is 0 Å². The van der Waals surface area contributed by atoms with E-state index >= 15 is 0 Å². The highest BCUT2D eigenvalue weighted by atomic mass is 35.5. The lowest BCUT2D eigenvalue weighted by atomic mass is 10.2. The first-order valence-corrected chi connectivity index (χ1v) is 10.7. The highest BCUT2D eigenvalue weighted by Gasteiger charge is 2.30. The number of nitrogens with one attached hydrogen (secondary N) is 1. The van der Waals surface area contributed by atoms with E-state index in [-0.39, 0.29) is 11.4 Å². The van der Waals surface area contributed by atoms with Crippen molar-refractivity contribution < 1.29 is 17.6 Å². The third kappa shape index (κ3) is 4.55. The van der Waals surface area contributed by atoms with Crippen LogP contribution in [0.25, 0.3) is 0 Å². The number of carbonyl (C=O) groups is 1. The Morgan fingerprint density at radius 3 is 2.33 bits per heavy atom. The maximum atomic E-state index is 13.2. The van der Waals surface area contributed by atoms with Gasteiger partial charge in [-0.3, -0.25) is 4.79 Å². The first-order valence-electron chi connectivity index (χ1n) is 7.94. The lowest BCUT2D eigenvalue weighted by Crippen LogP contribution is -2.31. The Bertz CT molecular complexity index is 1020. The summed E-state index contributed by atoms with van der Waals surface area (Å²) in [4.78, 5) is 12.9. The molecule has 2 aromatic carbocycles. The van der Waals surface area contributed by atoms with Crippen LogP contribution in [0.15, 0.2) is 70.9 Å². The molecule has 1 aromatic heterocycles. The highest BCUT2D eigenvalue weighted by Crippen LogP contribution is 2.31. The Hall–Kier alpha value is -2.22. The fourth-order valence-corrected chi connectivity index (χ4v) is 5.43. The number of amides is 1. The minimum Gasteiger partial charge on any atom is -0.350 e. The van der Waals surface area contributed by atoms with Gasteiger partial charge in [0.05, 0.1) is 4.90 Å². The molecule has 0 spiro atoms. The van der Waals surface area contributed by atoms with Crippen molar-refractivity contribution in [3.05, 3.63) is 87.3 Å². The molecule has 27 heavy (non-hydrogen) atoms. The molecule has 4 nitrogen and oxygen atoms in total. The van der Waals surface area contributed by atoms with Crippen LogP contribution in [0.2, 0.25) is 5.02 Å². The summed E-state index contributed by atoms with van der Waals surface area (Å²) in [5, 5.41) is 3.96. The Kier molecular flexibility index (Phi) is 5.94. The van der Waals surface area contributed by atoms with Crippen LogP contribution in [0, 0.1) is 5.82 Å². The van der Waals surface area contributed by atoms with Gasteiger partial charge in [0.1, 0.15) is 11.1 Å². The molecule has 0 saturated heterocycles. The van der Waals surface area contributed by atoms with Gasteiger partial charge >= 0.3 is 0 Å². The molecule has 1 amide bonds. The van der Waals surface area contributed by atoms with Gasteiger partial charge in [-0.1, -0.05) is 17.7 Å². The second kappa shape index (κ2) is 8.21. The summed E-state index contributed by atoms with van der Waals surface area (Å²) >= 11 is 7.10. The first-order chi connectivity index (χ1) is 12.9. The third-order valence-corrected chi connectivity index (χ3v) is 7.42. The van der Waals surface area contributed by atoms with Gasteiger partial charge in [-0.25, -0.2) is 12.8 Å². The minimum atomic E-state index is -3.82. The fraction of sp³-hybridized carbons (Fsp3) is 0.105. The summed E-state index contributed by atoms with van der Waals surface area (Å²) in [6, 6.07) is 14.4. The summed E-state index contributed by atoms with van der Waals surface area (Å²) in [5.74, 6) is -0.916. The first kappa shape index (κ1) is 19.5. The molecule has 0 unspecified atom stereocenters. The number of thiophene rings is 1. The zero-order valence-corrected chi connectivity index (χ0v) is 16.3. The predicted molar refractivity (Wildman–Crippen MR) is 104 cm³/mol. The van der Waals surface area contributed by atoms with E-state index < -0.39 is 26.8 Å². The van der Waals surface area contributed by atoms with Crippen LogP contribution in [-0.4, -0.2) is 20.9 Å². The van der Waals surface area contributed by atoms with Crippen molar-refractivity contribution in [3.63, 3.8) is 0 Å². The van der Waals surface area contributed by atoms with Crippen molar-refractivity contribution in [2.45, 2.75) is 10.1 Å². The Balaban J connectivity index is 1.85. The zero-order chi connectivity index (χ0) is 19.4. The minimum absolute atomic E-state index is 0.00282. The van der Waals surface area contributed by atoms with Gasteiger partial charge in [-0.05, 0) is 60.0 Å². The molecular formula is C19H15ClFNO3S2. The second-order valence-corrected chi connectivity index (χ2v) is 9.27. The summed E-state index contributed by atoms with van der Waals surface area (Å²) < 4.78 is 39.3. The molecule has 0 aliphatic heterocycles. The zero-order valence-electron chi connectivity index (χ0n) is 13.9. The topological polar surface area (TPSA) is 63.2 Å². The van der Waals surface area contributed by atoms with Gasteiger partial charge in [-0.15, -0.1) is 11.3 Å². The van der Waals surface area contributed by atoms with Crippen LogP contribution >= 0.6 is 22.9 Å². The highest BCUT2D eigenvalue weighted by molar-refractivity contribution is 7.91. The molecular weight excluding hydrogens is 409 g/mol. The number of sulfone groups is 1. The molecule has 3 rings (SSSR count). The van der Waals surface area contributed by atoms with Gasteiger partial charge in [-0.2, -0.15) is 0 Å². The average Bonchev–Trinajstić information content (AvgIpc) is 3.16. The maximum Gasteiger partial charge on any atom is 0.251 e. The summed E-state index contributed by atoms with van der Waals surface area (Å²) in [6.45, 7) is -0.109. The second-order valence-electron chi connectivity index (χ2n) is 5.72. The molecule has 3 aromatic rings. The summed E-state index contributed by atoms with van der Waals surface area (Å²) in [7, 11) is -3.82. The average molecular weight is 424 g/mol. The molecule has 1 atom stereocenters. The van der Waals surface area contributed by atoms with Crippen molar-refractivity contribution in [1.82, 2.24) is 5.32 Å². The SMILES string of the molecule is O=C(NC[C@@H](c1cccs1)S(=O)(=O)c1ccc(F)cc1)c1ccc(Cl)cc1. The Morgan fingerprint density at radius 2 is 1.74 bits per heavy atom. The molecule has 0 radical (unpaired) electrons. The molecule has 0 aliphatic carbocycles. The number of halogens is 2. The van der Waals surface area contributed by atoms with E-state index in [1.807, 2.05) is 0 Å². The van der Waals surface area contributed by atoms with Gasteiger partial charge in [0.25, 0.3) is 5.91 Å². The van der Waals surface area contributed by atoms with E-state index in [1.54, 1.807) is 41.8 Å². The molecule has 1 heterocycles. The molecule has 0 bridgehead atoms. The smallest absolute Gasteiger partial charge is 0.251 e. The van der Waals surface area contributed by atoms with Crippen LogP contribution in [-0.2, 0) is 9.84 Å². The van der Waals surface area contributed by atoms with Crippen LogP contribution < -0.4 is 5.32 Å². The van der Waals surface area contributed by atoms with Crippen LogP contribution in [0.1, 0.15) is 20.5 Å². The fourth-order valence-electron chi connectivity index (χ4n) is 2.51. The standard InChI is InChI=1S/C19H15ClFNO3S2/c20-14-5-3-13(4-6-14)19(23)22-12-18(17-2-1-11-26-17)27(24,25)16-9-7-15(21)8-10-16/h1-11,18H,12H2,(H,22,23)/t18-/m0/s1. The largest absolute Gasteiger partial charge is 0.350 e. The van der Waals surface area contributed by atoms with E-state index in [9.17, 15) is 17.6 Å². The van der Waals surface area contributed by atoms with Gasteiger partial charge in [0.2, 0.25) is 0 Å². The van der Waals surface area contributed by atoms with E-state index in [0.717, 1.165) is 12.1 Å². The van der Waals surface area contributed by atoms with Gasteiger partial charge in [0, 0.05) is 22.0 Å². The van der Waals surface area contributed by atoms with Gasteiger partial charge in [0.15, 0.2) is 9.84 Å². The lowest BCUT2D eigenvalue weighted by molar-refractivity contribution is 0.0954. The number of carbonyl (C=O) groups excluding carboxylic acids is 1. The lowest BCUT2D eigenvalue weighted by Gasteiger charge is -2.17. The van der Waals surface area contributed by atoms with Crippen molar-refractivity contribution in [2.75, 3.05) is 6.54 Å². The molecule has 8 heteroatoms. The quantitative estimate of drug-likeness (QED) is 0.594. The number of rotatable bonds is 6.